The van der Waals surface area contributed by atoms with Crippen LogP contribution >= 0.6 is 0 Å². The van der Waals surface area contributed by atoms with Gasteiger partial charge in [-0.3, -0.25) is 9.59 Å². The van der Waals surface area contributed by atoms with Crippen LogP contribution in [0, 0.1) is 5.82 Å². The van der Waals surface area contributed by atoms with Crippen LogP contribution < -0.4 is 20.7 Å². The maximum absolute atomic E-state index is 13.2. The van der Waals surface area contributed by atoms with Crippen molar-refractivity contribution >= 4 is 29.1 Å². The van der Waals surface area contributed by atoms with Gasteiger partial charge in [-0.05, 0) is 54.6 Å². The van der Waals surface area contributed by atoms with Gasteiger partial charge in [-0.25, -0.2) is 13.9 Å². The number of aromatic nitrogens is 2. The number of nitrogens with zero attached hydrogens (tertiary/aromatic N) is 4. The SMILES string of the molecule is COC(=O)c1ccc(NC(=O)Cn2nc(N3CCN(c4ccc(F)cc4)CC3)ccc2=O)cc1. The fourth-order valence-corrected chi connectivity index (χ4v) is 3.71. The van der Waals surface area contributed by atoms with Gasteiger partial charge in [0.2, 0.25) is 5.91 Å². The third kappa shape index (κ3) is 5.40. The van der Waals surface area contributed by atoms with Crippen LogP contribution in [0.5, 0.6) is 0 Å². The van der Waals surface area contributed by atoms with E-state index in [-0.39, 0.29) is 17.9 Å². The number of hydrogen-bond acceptors (Lipinski definition) is 7. The Balaban J connectivity index is 1.37. The molecular weight excluding hydrogens is 441 g/mol. The van der Waals surface area contributed by atoms with Crippen molar-refractivity contribution in [2.45, 2.75) is 6.54 Å². The molecule has 9 nitrogen and oxygen atoms in total. The van der Waals surface area contributed by atoms with Crippen molar-refractivity contribution in [2.75, 3.05) is 48.4 Å². The Kier molecular flexibility index (Phi) is 6.86. The van der Waals surface area contributed by atoms with Gasteiger partial charge in [0.15, 0.2) is 0 Å². The highest BCUT2D eigenvalue weighted by molar-refractivity contribution is 5.92. The van der Waals surface area contributed by atoms with E-state index in [1.165, 1.54) is 37.4 Å². The van der Waals surface area contributed by atoms with Gasteiger partial charge < -0.3 is 19.9 Å². The zero-order chi connectivity index (χ0) is 24.1. The first-order chi connectivity index (χ1) is 16.4. The summed E-state index contributed by atoms with van der Waals surface area (Å²) < 4.78 is 18.9. The molecule has 0 aliphatic carbocycles. The van der Waals surface area contributed by atoms with E-state index in [1.807, 2.05) is 4.90 Å². The second-order valence-electron chi connectivity index (χ2n) is 7.76. The molecule has 1 amide bonds. The van der Waals surface area contributed by atoms with Crippen molar-refractivity contribution in [3.05, 3.63) is 82.4 Å². The van der Waals surface area contributed by atoms with Gasteiger partial charge in [-0.2, -0.15) is 5.10 Å². The van der Waals surface area contributed by atoms with Crippen LogP contribution in [0.4, 0.5) is 21.6 Å². The minimum absolute atomic E-state index is 0.249. The van der Waals surface area contributed by atoms with Gasteiger partial charge in [-0.15, -0.1) is 0 Å². The van der Waals surface area contributed by atoms with Crippen molar-refractivity contribution < 1.29 is 18.7 Å². The standard InChI is InChI=1S/C24H24FN5O4/c1-34-24(33)17-2-6-19(7-3-17)26-22(31)16-30-23(32)11-10-21(27-30)29-14-12-28(13-15-29)20-8-4-18(25)5-9-20/h2-11H,12-16H2,1H3,(H,26,31). The fraction of sp³-hybridized carbons (Fsp3) is 0.250. The molecule has 0 bridgehead atoms. The third-order valence-electron chi connectivity index (χ3n) is 5.53. The summed E-state index contributed by atoms with van der Waals surface area (Å²) in [5.41, 5.74) is 1.42. The number of esters is 1. The summed E-state index contributed by atoms with van der Waals surface area (Å²) >= 11 is 0. The van der Waals surface area contributed by atoms with E-state index in [4.69, 9.17) is 0 Å². The lowest BCUT2D eigenvalue weighted by Gasteiger charge is -2.36. The van der Waals surface area contributed by atoms with E-state index in [2.05, 4.69) is 20.1 Å². The van der Waals surface area contributed by atoms with Crippen molar-refractivity contribution in [3.63, 3.8) is 0 Å². The number of nitrogens with one attached hydrogen (secondary N) is 1. The highest BCUT2D eigenvalue weighted by Gasteiger charge is 2.19. The number of rotatable bonds is 6. The number of benzene rings is 2. The van der Waals surface area contributed by atoms with Gasteiger partial charge >= 0.3 is 5.97 Å². The van der Waals surface area contributed by atoms with E-state index < -0.39 is 11.9 Å². The molecule has 2 aromatic carbocycles. The summed E-state index contributed by atoms with van der Waals surface area (Å²) in [5.74, 6) is -0.549. The number of piperazine rings is 1. The third-order valence-corrected chi connectivity index (χ3v) is 5.53. The first-order valence-electron chi connectivity index (χ1n) is 10.7. The molecule has 0 spiro atoms. The smallest absolute Gasteiger partial charge is 0.337 e. The highest BCUT2D eigenvalue weighted by atomic mass is 19.1. The molecule has 0 atom stereocenters. The molecular formula is C24H24FN5O4. The van der Waals surface area contributed by atoms with Gasteiger partial charge in [0, 0.05) is 43.6 Å². The Labute approximate surface area is 195 Å². The number of ether oxygens (including phenoxy) is 1. The minimum atomic E-state index is -0.469. The van der Waals surface area contributed by atoms with Gasteiger partial charge in [0.1, 0.15) is 18.2 Å². The summed E-state index contributed by atoms with van der Waals surface area (Å²) in [5, 5.41) is 7.07. The van der Waals surface area contributed by atoms with E-state index in [1.54, 1.807) is 30.3 Å². The molecule has 1 aromatic heterocycles. The van der Waals surface area contributed by atoms with E-state index in [9.17, 15) is 18.8 Å². The predicted octanol–water partition coefficient (Wildman–Crippen LogP) is 2.13. The van der Waals surface area contributed by atoms with Crippen LogP contribution in [-0.2, 0) is 16.1 Å². The highest BCUT2D eigenvalue weighted by Crippen LogP contribution is 2.19. The number of hydrogen-bond donors (Lipinski definition) is 1. The Hall–Kier alpha value is -4.21. The molecule has 3 aromatic rings. The number of carbonyl (C=O) groups is 2. The normalized spacial score (nSPS) is 13.5. The van der Waals surface area contributed by atoms with Crippen LogP contribution in [0.1, 0.15) is 10.4 Å². The van der Waals surface area contributed by atoms with Crippen LogP contribution in [-0.4, -0.2) is 54.9 Å². The Bertz CT molecular complexity index is 1220. The van der Waals surface area contributed by atoms with Crippen molar-refractivity contribution in [2.24, 2.45) is 0 Å². The van der Waals surface area contributed by atoms with Crippen molar-refractivity contribution in [1.82, 2.24) is 9.78 Å². The zero-order valence-corrected chi connectivity index (χ0v) is 18.6. The van der Waals surface area contributed by atoms with Crippen LogP contribution in [0.3, 0.4) is 0 Å². The van der Waals surface area contributed by atoms with Crippen molar-refractivity contribution in [1.29, 1.82) is 0 Å². The maximum atomic E-state index is 13.2. The first kappa shape index (κ1) is 23.0. The van der Waals surface area contributed by atoms with E-state index in [0.717, 1.165) is 10.4 Å². The number of methoxy groups -OCH3 is 1. The lowest BCUT2D eigenvalue weighted by Crippen LogP contribution is -2.47. The van der Waals surface area contributed by atoms with Gasteiger partial charge in [-0.1, -0.05) is 0 Å². The number of anilines is 3. The van der Waals surface area contributed by atoms with Gasteiger partial charge in [0.25, 0.3) is 5.56 Å². The second-order valence-corrected chi connectivity index (χ2v) is 7.76. The Morgan fingerprint density at radius 3 is 2.24 bits per heavy atom. The lowest BCUT2D eigenvalue weighted by molar-refractivity contribution is -0.117. The summed E-state index contributed by atoms with van der Waals surface area (Å²) in [7, 11) is 1.29. The monoisotopic (exact) mass is 465 g/mol. The van der Waals surface area contributed by atoms with Crippen LogP contribution in [0.25, 0.3) is 0 Å². The molecule has 1 saturated heterocycles. The molecule has 2 heterocycles. The predicted molar refractivity (Wildman–Crippen MR) is 126 cm³/mol. The van der Waals surface area contributed by atoms with Crippen LogP contribution in [0.2, 0.25) is 0 Å². The molecule has 1 N–H and O–H groups in total. The van der Waals surface area contributed by atoms with Crippen LogP contribution in [0.15, 0.2) is 65.5 Å². The Morgan fingerprint density at radius 1 is 0.941 bits per heavy atom. The number of amides is 1. The van der Waals surface area contributed by atoms with E-state index in [0.29, 0.717) is 43.2 Å². The van der Waals surface area contributed by atoms with E-state index >= 15 is 0 Å². The largest absolute Gasteiger partial charge is 0.465 e. The number of halogens is 1. The Morgan fingerprint density at radius 2 is 1.59 bits per heavy atom. The fourth-order valence-electron chi connectivity index (χ4n) is 3.71. The lowest BCUT2D eigenvalue weighted by atomic mass is 10.2. The number of carbonyl (C=O) groups excluding carboxylic acids is 2. The quantitative estimate of drug-likeness (QED) is 0.557. The minimum Gasteiger partial charge on any atom is -0.465 e. The first-order valence-corrected chi connectivity index (χ1v) is 10.7. The molecule has 1 aliphatic heterocycles. The molecule has 176 valence electrons. The topological polar surface area (TPSA) is 96.8 Å². The molecule has 34 heavy (non-hydrogen) atoms. The average molecular weight is 465 g/mol. The second kappa shape index (κ2) is 10.2. The molecule has 1 aliphatic rings. The summed E-state index contributed by atoms with van der Waals surface area (Å²) in [6.45, 7) is 2.52. The molecule has 0 saturated carbocycles. The van der Waals surface area contributed by atoms with Gasteiger partial charge in [0.05, 0.1) is 12.7 Å². The molecule has 0 radical (unpaired) electrons. The maximum Gasteiger partial charge on any atom is 0.337 e. The summed E-state index contributed by atoms with van der Waals surface area (Å²) in [6, 6.07) is 15.7. The summed E-state index contributed by atoms with van der Waals surface area (Å²) in [6.07, 6.45) is 0. The average Bonchev–Trinajstić information content (AvgIpc) is 2.86. The molecule has 4 rings (SSSR count). The van der Waals surface area contributed by atoms with Crippen molar-refractivity contribution in [3.8, 4) is 0 Å². The molecule has 10 heteroatoms. The molecule has 0 unspecified atom stereocenters. The zero-order valence-electron chi connectivity index (χ0n) is 18.6. The summed E-state index contributed by atoms with van der Waals surface area (Å²) in [4.78, 5) is 40.5. The molecule has 1 fully saturated rings.